The molecule has 0 radical (unpaired) electrons. The molecule has 0 bridgehead atoms. The van der Waals surface area contributed by atoms with Gasteiger partial charge >= 0.3 is 11.9 Å². The van der Waals surface area contributed by atoms with Gasteiger partial charge in [0.1, 0.15) is 11.4 Å². The highest BCUT2D eigenvalue weighted by atomic mass is 16.4. The van der Waals surface area contributed by atoms with Gasteiger partial charge in [0.25, 0.3) is 5.56 Å². The molecule has 0 saturated carbocycles. The fourth-order valence-electron chi connectivity index (χ4n) is 2.74. The number of hydrogen-bond donors (Lipinski definition) is 3. The topological polar surface area (TPSA) is 122 Å². The maximum atomic E-state index is 12.2. The zero-order valence-corrected chi connectivity index (χ0v) is 13.1. The lowest BCUT2D eigenvalue weighted by Gasteiger charge is -2.20. The lowest BCUT2D eigenvalue weighted by atomic mass is 10.1. The second kappa shape index (κ2) is 6.60. The van der Waals surface area contributed by atoms with E-state index in [4.69, 9.17) is 5.11 Å². The summed E-state index contributed by atoms with van der Waals surface area (Å²) >= 11 is 0. The first-order valence-corrected chi connectivity index (χ1v) is 7.60. The number of benzene rings is 1. The van der Waals surface area contributed by atoms with E-state index < -0.39 is 17.5 Å². The first kappa shape index (κ1) is 16.4. The fourth-order valence-corrected chi connectivity index (χ4v) is 2.74. The Kier molecular flexibility index (Phi) is 4.34. The molecule has 8 nitrogen and oxygen atoms in total. The summed E-state index contributed by atoms with van der Waals surface area (Å²) in [7, 11) is 0. The summed E-state index contributed by atoms with van der Waals surface area (Å²) in [5, 5.41) is 21.2. The molecular formula is C17H15N3O5. The van der Waals surface area contributed by atoms with Gasteiger partial charge in [-0.2, -0.15) is 0 Å². The lowest BCUT2D eigenvalue weighted by Crippen LogP contribution is -2.32. The number of hydrogen-bond acceptors (Lipinski definition) is 5. The number of rotatable bonds is 4. The summed E-state index contributed by atoms with van der Waals surface area (Å²) in [5.74, 6) is -1.97. The summed E-state index contributed by atoms with van der Waals surface area (Å²) < 4.78 is 1.34. The minimum absolute atomic E-state index is 0.127. The van der Waals surface area contributed by atoms with E-state index in [9.17, 15) is 19.5 Å². The number of carbonyl (C=O) groups is 2. The molecule has 0 aliphatic carbocycles. The molecule has 1 aromatic heterocycles. The number of para-hydroxylation sites is 1. The highest BCUT2D eigenvalue weighted by Crippen LogP contribution is 2.24. The highest BCUT2D eigenvalue weighted by Gasteiger charge is 2.21. The van der Waals surface area contributed by atoms with E-state index in [1.165, 1.54) is 10.6 Å². The molecule has 0 saturated heterocycles. The summed E-state index contributed by atoms with van der Waals surface area (Å²) in [6.45, 7) is 0.394. The molecule has 0 spiro atoms. The van der Waals surface area contributed by atoms with Gasteiger partial charge in [-0.3, -0.25) is 9.36 Å². The molecule has 3 rings (SSSR count). The Labute approximate surface area is 142 Å². The van der Waals surface area contributed by atoms with Crippen molar-refractivity contribution in [1.82, 2.24) is 9.55 Å². The molecule has 3 N–H and O–H groups in total. The maximum absolute atomic E-state index is 12.2. The van der Waals surface area contributed by atoms with Crippen LogP contribution in [0.3, 0.4) is 0 Å². The van der Waals surface area contributed by atoms with Gasteiger partial charge in [-0.1, -0.05) is 12.1 Å². The second-order valence-corrected chi connectivity index (χ2v) is 5.53. The Balaban J connectivity index is 1.98. The molecule has 1 aliphatic rings. The predicted octanol–water partition coefficient (Wildman–Crippen LogP) is 1.89. The lowest BCUT2D eigenvalue weighted by molar-refractivity contribution is 0.0684. The number of nitrogens with zero attached hydrogens (tertiary/aromatic N) is 2. The van der Waals surface area contributed by atoms with Gasteiger partial charge in [-0.25, -0.2) is 14.6 Å². The van der Waals surface area contributed by atoms with Crippen molar-refractivity contribution in [2.45, 2.75) is 19.4 Å². The number of nitrogens with one attached hydrogen (secondary N) is 1. The van der Waals surface area contributed by atoms with Crippen LogP contribution in [-0.2, 0) is 6.54 Å². The SMILES string of the molecule is O=C(O)c1ccccc1NC=C1CCCn2c1ncc(C(=O)O)c2=O. The normalized spacial score (nSPS) is 14.8. The minimum atomic E-state index is -1.31. The number of fused-ring (bicyclic) bond motifs is 1. The van der Waals surface area contributed by atoms with Crippen LogP contribution in [-0.4, -0.2) is 31.7 Å². The van der Waals surface area contributed by atoms with E-state index in [-0.39, 0.29) is 11.1 Å². The zero-order valence-electron chi connectivity index (χ0n) is 13.1. The van der Waals surface area contributed by atoms with Gasteiger partial charge in [0.2, 0.25) is 0 Å². The molecule has 0 amide bonds. The largest absolute Gasteiger partial charge is 0.478 e. The van der Waals surface area contributed by atoms with Crippen LogP contribution < -0.4 is 10.9 Å². The molecule has 0 atom stereocenters. The zero-order chi connectivity index (χ0) is 18.0. The van der Waals surface area contributed by atoms with Gasteiger partial charge < -0.3 is 15.5 Å². The van der Waals surface area contributed by atoms with Crippen molar-refractivity contribution in [3.05, 3.63) is 64.0 Å². The Hall–Kier alpha value is -3.42. The van der Waals surface area contributed by atoms with Crippen LogP contribution in [0.25, 0.3) is 5.57 Å². The van der Waals surface area contributed by atoms with Gasteiger partial charge in [0.05, 0.1) is 11.3 Å². The van der Waals surface area contributed by atoms with Crippen molar-refractivity contribution in [1.29, 1.82) is 0 Å². The van der Waals surface area contributed by atoms with Crippen LogP contribution >= 0.6 is 0 Å². The Bertz CT molecular complexity index is 946. The molecule has 25 heavy (non-hydrogen) atoms. The van der Waals surface area contributed by atoms with Crippen LogP contribution in [0.5, 0.6) is 0 Å². The standard InChI is InChI=1S/C17H15N3O5/c21-15-12(17(24)25)9-19-14-10(4-3-7-20(14)15)8-18-13-6-2-1-5-11(13)16(22)23/h1-2,5-6,8-9,18H,3-4,7H2,(H,22,23)(H,24,25). The smallest absolute Gasteiger partial charge is 0.342 e. The van der Waals surface area contributed by atoms with E-state index in [1.54, 1.807) is 24.4 Å². The molecule has 8 heteroatoms. The number of carboxylic acid groups (broad SMARTS) is 2. The van der Waals surface area contributed by atoms with Gasteiger partial charge in [-0.15, -0.1) is 0 Å². The third-order valence-corrected chi connectivity index (χ3v) is 3.95. The summed E-state index contributed by atoms with van der Waals surface area (Å²) in [6, 6.07) is 6.47. The van der Waals surface area contributed by atoms with Crippen molar-refractivity contribution in [2.75, 3.05) is 5.32 Å². The molecule has 128 valence electrons. The first-order valence-electron chi connectivity index (χ1n) is 7.60. The average Bonchev–Trinajstić information content (AvgIpc) is 2.60. The third kappa shape index (κ3) is 3.14. The Morgan fingerprint density at radius 3 is 2.60 bits per heavy atom. The van der Waals surface area contributed by atoms with Crippen LogP contribution in [0, 0.1) is 0 Å². The van der Waals surface area contributed by atoms with Gasteiger partial charge in [0.15, 0.2) is 0 Å². The highest BCUT2D eigenvalue weighted by molar-refractivity contribution is 5.94. The van der Waals surface area contributed by atoms with Gasteiger partial charge in [0, 0.05) is 24.5 Å². The molecule has 0 fully saturated rings. The quantitative estimate of drug-likeness (QED) is 0.776. The van der Waals surface area contributed by atoms with Gasteiger partial charge in [-0.05, 0) is 25.0 Å². The summed E-state index contributed by atoms with van der Waals surface area (Å²) in [5.41, 5.74) is 0.301. The molecule has 1 aromatic carbocycles. The predicted molar refractivity (Wildman–Crippen MR) is 89.7 cm³/mol. The van der Waals surface area contributed by atoms with Crippen LogP contribution in [0.2, 0.25) is 0 Å². The van der Waals surface area contributed by atoms with E-state index in [0.29, 0.717) is 36.5 Å². The first-order chi connectivity index (χ1) is 12.0. The maximum Gasteiger partial charge on any atom is 0.342 e. The van der Waals surface area contributed by atoms with E-state index in [1.807, 2.05) is 0 Å². The number of anilines is 1. The molecule has 2 heterocycles. The number of allylic oxidation sites excluding steroid dienone is 1. The van der Waals surface area contributed by atoms with E-state index in [0.717, 1.165) is 6.20 Å². The second-order valence-electron chi connectivity index (χ2n) is 5.53. The summed E-state index contributed by atoms with van der Waals surface area (Å²) in [6.07, 6.45) is 3.97. The monoisotopic (exact) mass is 341 g/mol. The molecular weight excluding hydrogens is 326 g/mol. The Morgan fingerprint density at radius 1 is 1.16 bits per heavy atom. The Morgan fingerprint density at radius 2 is 1.88 bits per heavy atom. The third-order valence-electron chi connectivity index (χ3n) is 3.95. The van der Waals surface area contributed by atoms with E-state index in [2.05, 4.69) is 10.3 Å². The van der Waals surface area contributed by atoms with E-state index >= 15 is 0 Å². The van der Waals surface area contributed by atoms with Crippen molar-refractivity contribution in [3.8, 4) is 0 Å². The van der Waals surface area contributed by atoms with Crippen LogP contribution in [0.4, 0.5) is 5.69 Å². The minimum Gasteiger partial charge on any atom is -0.478 e. The fraction of sp³-hybridized carbons (Fsp3) is 0.176. The average molecular weight is 341 g/mol. The molecule has 2 aromatic rings. The van der Waals surface area contributed by atoms with Crippen molar-refractivity contribution in [3.63, 3.8) is 0 Å². The van der Waals surface area contributed by atoms with Crippen LogP contribution in [0.1, 0.15) is 39.4 Å². The number of carboxylic acids is 2. The van der Waals surface area contributed by atoms with Crippen molar-refractivity contribution < 1.29 is 19.8 Å². The number of aromatic nitrogens is 2. The van der Waals surface area contributed by atoms with Crippen molar-refractivity contribution in [2.24, 2.45) is 0 Å². The molecule has 1 aliphatic heterocycles. The number of aromatic carboxylic acids is 2. The van der Waals surface area contributed by atoms with Crippen LogP contribution in [0.15, 0.2) is 41.5 Å². The summed E-state index contributed by atoms with van der Waals surface area (Å²) in [4.78, 5) is 38.7. The molecule has 0 unspecified atom stereocenters. The van der Waals surface area contributed by atoms with Crippen molar-refractivity contribution >= 4 is 23.2 Å².